The predicted octanol–water partition coefficient (Wildman–Crippen LogP) is 1.87. The first-order valence-electron chi connectivity index (χ1n) is 5.08. The summed E-state index contributed by atoms with van der Waals surface area (Å²) in [6, 6.07) is 0.374. The summed E-state index contributed by atoms with van der Waals surface area (Å²) in [5.41, 5.74) is -4.32. The molecule has 0 spiro atoms. The number of amides is 1. The molecular weight excluding hydrogens is 277 g/mol. The van der Waals surface area contributed by atoms with Gasteiger partial charge in [0.05, 0.1) is 5.75 Å². The number of rotatable bonds is 3. The second kappa shape index (κ2) is 7.33. The van der Waals surface area contributed by atoms with Gasteiger partial charge < -0.3 is 10.2 Å². The average molecular weight is 293 g/mol. The number of carbonyl (C=O) groups is 1. The molecule has 1 aliphatic heterocycles. The molecule has 17 heavy (non-hydrogen) atoms. The van der Waals surface area contributed by atoms with Crippen LogP contribution in [0.4, 0.5) is 13.2 Å². The maximum Gasteiger partial charge on any atom is 0.442 e. The number of nitrogens with one attached hydrogen (secondary N) is 1. The van der Waals surface area contributed by atoms with Crippen LogP contribution in [0, 0.1) is 0 Å². The minimum atomic E-state index is -4.32. The highest BCUT2D eigenvalue weighted by atomic mass is 35.5. The molecule has 0 atom stereocenters. The van der Waals surface area contributed by atoms with E-state index in [4.69, 9.17) is 0 Å². The third-order valence-corrected chi connectivity index (χ3v) is 3.33. The maximum absolute atomic E-state index is 11.9. The van der Waals surface area contributed by atoms with Crippen LogP contribution < -0.4 is 5.32 Å². The summed E-state index contributed by atoms with van der Waals surface area (Å²) >= 11 is -0.265. The second-order valence-corrected chi connectivity index (χ2v) is 4.72. The third-order valence-electron chi connectivity index (χ3n) is 2.62. The fraction of sp³-hybridized carbons (Fsp3) is 0.889. The molecule has 0 aromatic carbocycles. The quantitative estimate of drug-likeness (QED) is 0.862. The van der Waals surface area contributed by atoms with Gasteiger partial charge in [0.15, 0.2) is 0 Å². The van der Waals surface area contributed by atoms with E-state index in [9.17, 15) is 18.0 Å². The molecule has 102 valence electrons. The van der Waals surface area contributed by atoms with E-state index in [1.54, 1.807) is 0 Å². The van der Waals surface area contributed by atoms with E-state index in [0.717, 1.165) is 12.8 Å². The van der Waals surface area contributed by atoms with Crippen molar-refractivity contribution in [3.63, 3.8) is 0 Å². The van der Waals surface area contributed by atoms with E-state index in [-0.39, 0.29) is 24.2 Å². The maximum atomic E-state index is 11.9. The van der Waals surface area contributed by atoms with Gasteiger partial charge in [0.2, 0.25) is 5.91 Å². The highest BCUT2D eigenvalue weighted by Gasteiger charge is 2.31. The van der Waals surface area contributed by atoms with Crippen molar-refractivity contribution < 1.29 is 18.0 Å². The Kier molecular flexibility index (Phi) is 7.27. The molecule has 0 aliphatic carbocycles. The van der Waals surface area contributed by atoms with Crippen LogP contribution in [0.25, 0.3) is 0 Å². The Hall–Kier alpha value is -0.140. The molecule has 3 nitrogen and oxygen atoms in total. The minimum absolute atomic E-state index is 0. The molecule has 0 saturated carbocycles. The van der Waals surface area contributed by atoms with E-state index in [1.165, 1.54) is 4.90 Å². The number of alkyl halides is 3. The number of likely N-dealkylation sites (tertiary alicyclic amines) is 1. The summed E-state index contributed by atoms with van der Waals surface area (Å²) in [7, 11) is 1.85. The summed E-state index contributed by atoms with van der Waals surface area (Å²) < 4.78 is 35.6. The van der Waals surface area contributed by atoms with Crippen LogP contribution in [0.15, 0.2) is 0 Å². The topological polar surface area (TPSA) is 32.3 Å². The molecule has 0 aromatic heterocycles. The average Bonchev–Trinajstić information content (AvgIpc) is 2.25. The van der Waals surface area contributed by atoms with Gasteiger partial charge in [-0.3, -0.25) is 4.79 Å². The van der Waals surface area contributed by atoms with E-state index in [2.05, 4.69) is 5.32 Å². The lowest BCUT2D eigenvalue weighted by Crippen LogP contribution is -2.44. The van der Waals surface area contributed by atoms with Gasteiger partial charge in [-0.1, -0.05) is 0 Å². The zero-order valence-electron chi connectivity index (χ0n) is 9.42. The molecule has 1 N–H and O–H groups in total. The van der Waals surface area contributed by atoms with Gasteiger partial charge in [0.1, 0.15) is 0 Å². The van der Waals surface area contributed by atoms with Crippen molar-refractivity contribution in [1.29, 1.82) is 0 Å². The number of hydrogen-bond donors (Lipinski definition) is 1. The first-order chi connectivity index (χ1) is 7.42. The van der Waals surface area contributed by atoms with Crippen LogP contribution in [0.1, 0.15) is 12.8 Å². The largest absolute Gasteiger partial charge is 0.442 e. The van der Waals surface area contributed by atoms with Crippen LogP contribution in [0.3, 0.4) is 0 Å². The van der Waals surface area contributed by atoms with Gasteiger partial charge >= 0.3 is 5.51 Å². The summed E-state index contributed by atoms with van der Waals surface area (Å²) in [5, 5.41) is 3.10. The van der Waals surface area contributed by atoms with Gasteiger partial charge in [-0.15, -0.1) is 12.4 Å². The zero-order chi connectivity index (χ0) is 12.2. The van der Waals surface area contributed by atoms with Gasteiger partial charge in [0.25, 0.3) is 0 Å². The second-order valence-electron chi connectivity index (χ2n) is 3.68. The predicted molar refractivity (Wildman–Crippen MR) is 64.4 cm³/mol. The molecule has 1 heterocycles. The van der Waals surface area contributed by atoms with E-state index in [0.29, 0.717) is 19.1 Å². The van der Waals surface area contributed by atoms with E-state index < -0.39 is 17.2 Å². The van der Waals surface area contributed by atoms with Crippen molar-refractivity contribution in [3.05, 3.63) is 0 Å². The standard InChI is InChI=1S/C9H15F3N2OS.ClH/c1-13-7-2-4-14(5-3-7)8(15)6-16-9(10,11)12;/h7,13H,2-6H2,1H3;1H. The molecule has 0 unspecified atom stereocenters. The molecule has 0 bridgehead atoms. The smallest absolute Gasteiger partial charge is 0.342 e. The van der Waals surface area contributed by atoms with Gasteiger partial charge in [0, 0.05) is 19.1 Å². The number of hydrogen-bond acceptors (Lipinski definition) is 3. The molecule has 1 amide bonds. The van der Waals surface area contributed by atoms with Crippen LogP contribution in [-0.2, 0) is 4.79 Å². The molecule has 8 heteroatoms. The lowest BCUT2D eigenvalue weighted by atomic mass is 10.1. The molecule has 0 aromatic rings. The Balaban J connectivity index is 0.00000256. The van der Waals surface area contributed by atoms with Gasteiger partial charge in [-0.25, -0.2) is 0 Å². The minimum Gasteiger partial charge on any atom is -0.342 e. The van der Waals surface area contributed by atoms with Crippen molar-refractivity contribution >= 4 is 30.1 Å². The number of thioether (sulfide) groups is 1. The van der Waals surface area contributed by atoms with E-state index >= 15 is 0 Å². The van der Waals surface area contributed by atoms with Crippen LogP contribution in [0.5, 0.6) is 0 Å². The SMILES string of the molecule is CNC1CCN(C(=O)CSC(F)(F)F)CC1.Cl. The van der Waals surface area contributed by atoms with Crippen molar-refractivity contribution in [1.82, 2.24) is 10.2 Å². The van der Waals surface area contributed by atoms with Gasteiger partial charge in [-0.2, -0.15) is 13.2 Å². The van der Waals surface area contributed by atoms with Crippen LogP contribution >= 0.6 is 24.2 Å². The molecule has 1 rings (SSSR count). The third kappa shape index (κ3) is 6.38. The highest BCUT2D eigenvalue weighted by Crippen LogP contribution is 2.30. The number of halogens is 4. The first kappa shape index (κ1) is 16.9. The number of nitrogens with zero attached hydrogens (tertiary/aromatic N) is 1. The number of carbonyl (C=O) groups excluding carboxylic acids is 1. The van der Waals surface area contributed by atoms with Crippen LogP contribution in [0.2, 0.25) is 0 Å². The summed E-state index contributed by atoms with van der Waals surface area (Å²) in [4.78, 5) is 12.9. The fourth-order valence-corrected chi connectivity index (χ4v) is 2.12. The molecule has 1 saturated heterocycles. The molecule has 1 aliphatic rings. The highest BCUT2D eigenvalue weighted by molar-refractivity contribution is 8.00. The summed E-state index contributed by atoms with van der Waals surface area (Å²) in [6.45, 7) is 1.09. The Morgan fingerprint density at radius 3 is 2.35 bits per heavy atom. The van der Waals surface area contributed by atoms with E-state index in [1.807, 2.05) is 7.05 Å². The van der Waals surface area contributed by atoms with Crippen molar-refractivity contribution in [2.45, 2.75) is 24.4 Å². The fourth-order valence-electron chi connectivity index (χ4n) is 1.65. The number of piperidine rings is 1. The molecule has 0 radical (unpaired) electrons. The summed E-state index contributed by atoms with van der Waals surface area (Å²) in [6.07, 6.45) is 1.61. The summed E-state index contributed by atoms with van der Waals surface area (Å²) in [5.74, 6) is -0.926. The van der Waals surface area contributed by atoms with Crippen molar-refractivity contribution in [2.24, 2.45) is 0 Å². The molecule has 1 fully saturated rings. The lowest BCUT2D eigenvalue weighted by Gasteiger charge is -2.31. The van der Waals surface area contributed by atoms with Crippen molar-refractivity contribution in [2.75, 3.05) is 25.9 Å². The Bertz CT molecular complexity index is 245. The van der Waals surface area contributed by atoms with Gasteiger partial charge in [-0.05, 0) is 31.7 Å². The first-order valence-corrected chi connectivity index (χ1v) is 6.06. The monoisotopic (exact) mass is 292 g/mol. The normalized spacial score (nSPS) is 17.8. The lowest BCUT2D eigenvalue weighted by molar-refractivity contribution is -0.129. The van der Waals surface area contributed by atoms with Crippen molar-refractivity contribution in [3.8, 4) is 0 Å². The zero-order valence-corrected chi connectivity index (χ0v) is 11.1. The molecular formula is C9H16ClF3N2OS. The Morgan fingerprint density at radius 2 is 1.94 bits per heavy atom. The Morgan fingerprint density at radius 1 is 1.41 bits per heavy atom. The Labute approximate surface area is 109 Å². The van der Waals surface area contributed by atoms with Crippen LogP contribution in [-0.4, -0.2) is 48.2 Å².